The second kappa shape index (κ2) is 15.7. The molecule has 3 aromatic rings. The number of carbonyl (C=O) groups is 2. The fourth-order valence-corrected chi connectivity index (χ4v) is 4.69. The van der Waals surface area contributed by atoms with E-state index in [0.717, 1.165) is 16.8 Å². The molecule has 4 rings (SSSR count). The minimum atomic E-state index is -0.295. The summed E-state index contributed by atoms with van der Waals surface area (Å²) in [7, 11) is 1.76. The molecule has 0 bridgehead atoms. The highest BCUT2D eigenvalue weighted by molar-refractivity contribution is 5.87. The lowest BCUT2D eigenvalue weighted by Gasteiger charge is -2.31. The number of rotatable bonds is 11. The molecule has 1 aliphatic rings. The predicted octanol–water partition coefficient (Wildman–Crippen LogP) is 5.27. The van der Waals surface area contributed by atoms with Crippen molar-refractivity contribution in [2.45, 2.75) is 39.9 Å². The van der Waals surface area contributed by atoms with Gasteiger partial charge in [-0.15, -0.1) is 24.8 Å². The quantitative estimate of drug-likeness (QED) is 0.312. The maximum Gasteiger partial charge on any atom is 0.256 e. The molecule has 2 amide bonds. The van der Waals surface area contributed by atoms with E-state index >= 15 is 0 Å². The van der Waals surface area contributed by atoms with Crippen LogP contribution in [0.5, 0.6) is 0 Å². The normalized spacial score (nSPS) is 12.2. The summed E-state index contributed by atoms with van der Waals surface area (Å²) in [5.74, 6) is -0.614. The van der Waals surface area contributed by atoms with Crippen molar-refractivity contribution in [2.24, 2.45) is 0 Å². The molecule has 0 radical (unpaired) electrons. The van der Waals surface area contributed by atoms with Crippen LogP contribution >= 0.6 is 24.8 Å². The van der Waals surface area contributed by atoms with E-state index in [0.29, 0.717) is 31.7 Å². The van der Waals surface area contributed by atoms with Gasteiger partial charge >= 0.3 is 0 Å². The summed E-state index contributed by atoms with van der Waals surface area (Å²) in [5.41, 5.74) is 5.36. The Kier molecular flexibility index (Phi) is 13.1. The van der Waals surface area contributed by atoms with Gasteiger partial charge in [-0.05, 0) is 41.3 Å². The van der Waals surface area contributed by atoms with Crippen LogP contribution in [0.2, 0.25) is 0 Å². The number of aryl methyl sites for hydroxylation is 1. The number of halogens is 3. The number of amides is 2. The van der Waals surface area contributed by atoms with Gasteiger partial charge in [-0.1, -0.05) is 68.4 Å². The van der Waals surface area contributed by atoms with E-state index in [1.54, 1.807) is 35.2 Å². The molecule has 41 heavy (non-hydrogen) atoms. The zero-order valence-corrected chi connectivity index (χ0v) is 25.7. The SMILES string of the molecule is Cc1ccc(-c2ccccc2F)cc1NCC(=O)N(CCNC(C)C)CC(=O)N(C)N1Cc2ccccc2C1.Cl.Cl. The van der Waals surface area contributed by atoms with Gasteiger partial charge in [-0.25, -0.2) is 9.40 Å². The van der Waals surface area contributed by atoms with Gasteiger partial charge < -0.3 is 15.5 Å². The summed E-state index contributed by atoms with van der Waals surface area (Å²) in [4.78, 5) is 28.2. The minimum Gasteiger partial charge on any atom is -0.376 e. The summed E-state index contributed by atoms with van der Waals surface area (Å²) < 4.78 is 14.4. The average Bonchev–Trinajstić information content (AvgIpc) is 3.36. The fraction of sp³-hybridized carbons (Fsp3) is 0.355. The fourth-order valence-electron chi connectivity index (χ4n) is 4.69. The van der Waals surface area contributed by atoms with Gasteiger partial charge in [0.1, 0.15) is 12.4 Å². The second-order valence-electron chi connectivity index (χ2n) is 10.3. The minimum absolute atomic E-state index is 0. The van der Waals surface area contributed by atoms with E-state index in [-0.39, 0.29) is 61.6 Å². The molecular weight excluding hydrogens is 564 g/mol. The average molecular weight is 605 g/mol. The molecule has 0 aliphatic carbocycles. The van der Waals surface area contributed by atoms with Crippen LogP contribution in [0.4, 0.5) is 10.1 Å². The largest absolute Gasteiger partial charge is 0.376 e. The summed E-state index contributed by atoms with van der Waals surface area (Å²) in [6.07, 6.45) is 0. The van der Waals surface area contributed by atoms with Crippen molar-refractivity contribution in [3.63, 3.8) is 0 Å². The third-order valence-corrected chi connectivity index (χ3v) is 7.07. The van der Waals surface area contributed by atoms with E-state index < -0.39 is 0 Å². The Hall–Kier alpha value is -3.17. The van der Waals surface area contributed by atoms with E-state index in [1.165, 1.54) is 17.2 Å². The van der Waals surface area contributed by atoms with Crippen molar-refractivity contribution in [1.29, 1.82) is 0 Å². The molecule has 2 N–H and O–H groups in total. The molecule has 0 saturated heterocycles. The number of benzene rings is 3. The Labute approximate surface area is 254 Å². The standard InChI is InChI=1S/C31H38FN5O2.2ClH/c1-22(2)33-15-16-36(21-31(39)35(4)37-19-25-9-5-6-10-26(25)20-37)30(38)18-34-29-17-24(14-13-23(29)3)27-11-7-8-12-28(27)32;;/h5-14,17,22,33-34H,15-16,18-21H2,1-4H3;2*1H. The second-order valence-corrected chi connectivity index (χ2v) is 10.3. The van der Waals surface area contributed by atoms with E-state index in [1.807, 2.05) is 56.1 Å². The first kappa shape index (κ1) is 34.0. The summed E-state index contributed by atoms with van der Waals surface area (Å²) in [5, 5.41) is 10.2. The maximum absolute atomic E-state index is 14.4. The number of nitrogens with zero attached hydrogens (tertiary/aromatic N) is 3. The van der Waals surface area contributed by atoms with E-state index in [9.17, 15) is 14.0 Å². The predicted molar refractivity (Wildman–Crippen MR) is 168 cm³/mol. The van der Waals surface area contributed by atoms with Gasteiger partial charge in [0.15, 0.2) is 0 Å². The van der Waals surface area contributed by atoms with Crippen molar-refractivity contribution in [1.82, 2.24) is 20.2 Å². The van der Waals surface area contributed by atoms with Gasteiger partial charge in [0.05, 0.1) is 6.54 Å². The Morgan fingerprint density at radius 2 is 1.59 bits per heavy atom. The first-order valence-electron chi connectivity index (χ1n) is 13.4. The van der Waals surface area contributed by atoms with Crippen molar-refractivity contribution < 1.29 is 14.0 Å². The van der Waals surface area contributed by atoms with Gasteiger partial charge in [-0.2, -0.15) is 0 Å². The Bertz CT molecular complexity index is 1300. The smallest absolute Gasteiger partial charge is 0.256 e. The van der Waals surface area contributed by atoms with Gasteiger partial charge in [-0.3, -0.25) is 14.6 Å². The summed E-state index contributed by atoms with van der Waals surface area (Å²) in [6.45, 7) is 8.36. The molecule has 7 nitrogen and oxygen atoms in total. The van der Waals surface area contributed by atoms with Gasteiger partial charge in [0, 0.05) is 50.5 Å². The zero-order valence-electron chi connectivity index (χ0n) is 24.0. The molecule has 0 aromatic heterocycles. The van der Waals surface area contributed by atoms with Crippen LogP contribution in [0.3, 0.4) is 0 Å². The van der Waals surface area contributed by atoms with Crippen LogP contribution in [0.25, 0.3) is 11.1 Å². The molecule has 0 fully saturated rings. The molecule has 1 heterocycles. The number of hydrogen-bond acceptors (Lipinski definition) is 5. The zero-order chi connectivity index (χ0) is 27.9. The van der Waals surface area contributed by atoms with E-state index in [4.69, 9.17) is 0 Å². The Morgan fingerprint density at radius 3 is 2.22 bits per heavy atom. The van der Waals surface area contributed by atoms with Gasteiger partial charge in [0.25, 0.3) is 5.91 Å². The highest BCUT2D eigenvalue weighted by atomic mass is 35.5. The topological polar surface area (TPSA) is 67.9 Å². The highest BCUT2D eigenvalue weighted by Gasteiger charge is 2.27. The number of fused-ring (bicyclic) bond motifs is 1. The molecule has 0 unspecified atom stereocenters. The van der Waals surface area contributed by atoms with Crippen LogP contribution in [0.15, 0.2) is 66.7 Å². The van der Waals surface area contributed by atoms with Gasteiger partial charge in [0.2, 0.25) is 5.91 Å². The highest BCUT2D eigenvalue weighted by Crippen LogP contribution is 2.27. The lowest BCUT2D eigenvalue weighted by Crippen LogP contribution is -2.49. The molecule has 222 valence electrons. The molecule has 0 saturated carbocycles. The summed E-state index contributed by atoms with van der Waals surface area (Å²) in [6, 6.07) is 20.7. The summed E-state index contributed by atoms with van der Waals surface area (Å²) >= 11 is 0. The number of nitrogens with one attached hydrogen (secondary N) is 2. The van der Waals surface area contributed by atoms with Crippen LogP contribution in [-0.2, 0) is 22.7 Å². The number of hydrazine groups is 1. The molecule has 1 aliphatic heterocycles. The lowest BCUT2D eigenvalue weighted by atomic mass is 10.0. The number of carbonyl (C=O) groups excluding carboxylic acids is 2. The first-order valence-corrected chi connectivity index (χ1v) is 13.4. The van der Waals surface area contributed by atoms with Crippen molar-refractivity contribution in [2.75, 3.05) is 38.5 Å². The van der Waals surface area contributed by atoms with Crippen LogP contribution in [0.1, 0.15) is 30.5 Å². The lowest BCUT2D eigenvalue weighted by molar-refractivity contribution is -0.151. The molecule has 3 aromatic carbocycles. The van der Waals surface area contributed by atoms with Crippen LogP contribution in [-0.4, -0.2) is 66.0 Å². The van der Waals surface area contributed by atoms with Crippen molar-refractivity contribution >= 4 is 42.3 Å². The maximum atomic E-state index is 14.4. The Morgan fingerprint density at radius 1 is 0.951 bits per heavy atom. The van der Waals surface area contributed by atoms with Crippen molar-refractivity contribution in [3.8, 4) is 11.1 Å². The first-order chi connectivity index (χ1) is 18.7. The molecule has 0 atom stereocenters. The number of anilines is 1. The van der Waals surface area contributed by atoms with Crippen LogP contribution < -0.4 is 10.6 Å². The van der Waals surface area contributed by atoms with Crippen LogP contribution in [0, 0.1) is 12.7 Å². The third-order valence-electron chi connectivity index (χ3n) is 7.07. The number of likely N-dealkylation sites (N-methyl/N-ethyl adjacent to an activating group) is 1. The third kappa shape index (κ3) is 8.91. The molecular formula is C31H40Cl2FN5O2. The number of hydrogen-bond donors (Lipinski definition) is 2. The Balaban J connectivity index is 0.00000294. The van der Waals surface area contributed by atoms with Crippen molar-refractivity contribution in [3.05, 3.63) is 89.2 Å². The molecule has 0 spiro atoms. The monoisotopic (exact) mass is 603 g/mol. The molecule has 10 heteroatoms. The van der Waals surface area contributed by atoms with E-state index in [2.05, 4.69) is 22.8 Å².